The molecule has 0 aliphatic heterocycles. The van der Waals surface area contributed by atoms with E-state index in [9.17, 15) is 4.79 Å². The highest BCUT2D eigenvalue weighted by atomic mass is 32.2. The van der Waals surface area contributed by atoms with E-state index in [1.807, 2.05) is 25.3 Å². The number of rotatable bonds is 4. The third-order valence-electron chi connectivity index (χ3n) is 1.92. The molecule has 0 fully saturated rings. The molecule has 0 bridgehead atoms. The van der Waals surface area contributed by atoms with E-state index in [0.717, 1.165) is 10.6 Å². The maximum Gasteiger partial charge on any atom is 0.251 e. The van der Waals surface area contributed by atoms with Gasteiger partial charge in [0.2, 0.25) is 0 Å². The molecule has 4 heteroatoms. The van der Waals surface area contributed by atoms with Gasteiger partial charge in [-0.1, -0.05) is 0 Å². The van der Waals surface area contributed by atoms with E-state index in [2.05, 4.69) is 17.9 Å². The Morgan fingerprint density at radius 2 is 2.07 bits per heavy atom. The highest BCUT2D eigenvalue weighted by molar-refractivity contribution is 7.98. The van der Waals surface area contributed by atoms with Crippen LogP contribution in [0.1, 0.15) is 17.3 Å². The van der Waals surface area contributed by atoms with Crippen LogP contribution < -0.4 is 5.32 Å². The molecule has 0 aliphatic carbocycles. The lowest BCUT2D eigenvalue weighted by Crippen LogP contribution is -2.34. The van der Waals surface area contributed by atoms with Crippen LogP contribution >= 0.6 is 24.4 Å². The molecule has 1 amide bonds. The largest absolute Gasteiger partial charge is 0.349 e. The lowest BCUT2D eigenvalue weighted by atomic mass is 10.2. The van der Waals surface area contributed by atoms with E-state index in [1.165, 1.54) is 0 Å². The molecule has 2 nitrogen and oxygen atoms in total. The lowest BCUT2D eigenvalue weighted by molar-refractivity contribution is 0.0943. The Morgan fingerprint density at radius 3 is 2.60 bits per heavy atom. The number of thioether (sulfide) groups is 1. The molecule has 0 saturated carbocycles. The number of hydrogen-bond acceptors (Lipinski definition) is 3. The molecule has 1 aromatic rings. The van der Waals surface area contributed by atoms with Crippen LogP contribution in [0.25, 0.3) is 0 Å². The Bertz CT molecular complexity index is 324. The first-order valence-electron chi connectivity index (χ1n) is 4.72. The Kier molecular flexibility index (Phi) is 5.05. The van der Waals surface area contributed by atoms with Gasteiger partial charge >= 0.3 is 0 Å². The molecule has 1 unspecified atom stereocenters. The number of hydrogen-bond donors (Lipinski definition) is 2. The molecule has 0 heterocycles. The predicted molar refractivity (Wildman–Crippen MR) is 69.0 cm³/mol. The molecule has 1 rings (SSSR count). The minimum atomic E-state index is -0.0233. The molecule has 15 heavy (non-hydrogen) atoms. The van der Waals surface area contributed by atoms with Crippen molar-refractivity contribution in [2.24, 2.45) is 0 Å². The number of carbonyl (C=O) groups excluding carboxylic acids is 1. The summed E-state index contributed by atoms with van der Waals surface area (Å²) >= 11 is 5.89. The average molecular weight is 241 g/mol. The Morgan fingerprint density at radius 1 is 1.47 bits per heavy atom. The van der Waals surface area contributed by atoms with Crippen LogP contribution in [0.15, 0.2) is 29.2 Å². The summed E-state index contributed by atoms with van der Waals surface area (Å²) in [6.07, 6.45) is 2.03. The second-order valence-electron chi connectivity index (χ2n) is 3.38. The van der Waals surface area contributed by atoms with Crippen molar-refractivity contribution in [3.05, 3.63) is 29.8 Å². The van der Waals surface area contributed by atoms with Crippen LogP contribution in [-0.4, -0.2) is 24.0 Å². The summed E-state index contributed by atoms with van der Waals surface area (Å²) in [6.45, 7) is 2.00. The van der Waals surface area contributed by atoms with Crippen molar-refractivity contribution in [1.29, 1.82) is 0 Å². The van der Waals surface area contributed by atoms with Gasteiger partial charge in [-0.2, -0.15) is 11.8 Å². The van der Waals surface area contributed by atoms with Gasteiger partial charge in [-0.3, -0.25) is 4.79 Å². The van der Waals surface area contributed by atoms with Crippen molar-refractivity contribution in [1.82, 2.24) is 5.32 Å². The maximum atomic E-state index is 11.7. The number of amides is 1. The van der Waals surface area contributed by atoms with E-state index >= 15 is 0 Å². The minimum Gasteiger partial charge on any atom is -0.349 e. The van der Waals surface area contributed by atoms with Gasteiger partial charge in [-0.15, -0.1) is 12.6 Å². The number of thiol groups is 1. The van der Waals surface area contributed by atoms with E-state index in [4.69, 9.17) is 0 Å². The van der Waals surface area contributed by atoms with Crippen LogP contribution in [0.5, 0.6) is 0 Å². The summed E-state index contributed by atoms with van der Waals surface area (Å²) in [7, 11) is 0. The van der Waals surface area contributed by atoms with Crippen molar-refractivity contribution in [2.45, 2.75) is 17.9 Å². The molecule has 1 aromatic carbocycles. The number of nitrogens with one attached hydrogen (secondary N) is 1. The van der Waals surface area contributed by atoms with Gasteiger partial charge in [0.1, 0.15) is 0 Å². The van der Waals surface area contributed by atoms with Gasteiger partial charge in [0, 0.05) is 22.3 Å². The van der Waals surface area contributed by atoms with E-state index in [-0.39, 0.29) is 11.9 Å². The summed E-state index contributed by atoms with van der Waals surface area (Å²) in [5, 5.41) is 2.93. The lowest BCUT2D eigenvalue weighted by Gasteiger charge is -2.12. The Hall–Kier alpha value is -0.610. The third kappa shape index (κ3) is 4.18. The molecule has 82 valence electrons. The second kappa shape index (κ2) is 6.08. The van der Waals surface area contributed by atoms with Crippen molar-refractivity contribution in [2.75, 3.05) is 12.0 Å². The van der Waals surface area contributed by atoms with Crippen LogP contribution in [0.3, 0.4) is 0 Å². The molecule has 0 aliphatic rings. The van der Waals surface area contributed by atoms with Gasteiger partial charge in [0.25, 0.3) is 5.91 Å². The third-order valence-corrected chi connectivity index (χ3v) is 3.06. The van der Waals surface area contributed by atoms with Gasteiger partial charge in [-0.05, 0) is 37.4 Å². The summed E-state index contributed by atoms with van der Waals surface area (Å²) in [5.74, 6) is 0.904. The number of carbonyl (C=O) groups is 1. The molecule has 1 N–H and O–H groups in total. The fourth-order valence-corrected chi connectivity index (χ4v) is 1.94. The van der Waals surface area contributed by atoms with Crippen LogP contribution in [0.4, 0.5) is 0 Å². The summed E-state index contributed by atoms with van der Waals surface area (Å²) < 4.78 is 0. The molecule has 1 atom stereocenters. The predicted octanol–water partition coefficient (Wildman–Crippen LogP) is 2.46. The topological polar surface area (TPSA) is 29.1 Å². The van der Waals surface area contributed by atoms with Gasteiger partial charge < -0.3 is 5.32 Å². The summed E-state index contributed by atoms with van der Waals surface area (Å²) in [6, 6.07) is 7.39. The summed E-state index contributed by atoms with van der Waals surface area (Å²) in [5.41, 5.74) is 0.681. The smallest absolute Gasteiger partial charge is 0.251 e. The first kappa shape index (κ1) is 12.5. The molecule has 0 radical (unpaired) electrons. The SMILES string of the molecule is CSCC(C)NC(=O)c1ccc(S)cc1. The fourth-order valence-electron chi connectivity index (χ4n) is 1.21. The molecular formula is C11H15NOS2. The van der Waals surface area contributed by atoms with Crippen LogP contribution in [-0.2, 0) is 0 Å². The molecule has 0 saturated heterocycles. The van der Waals surface area contributed by atoms with E-state index in [0.29, 0.717) is 5.56 Å². The van der Waals surface area contributed by atoms with Gasteiger partial charge in [-0.25, -0.2) is 0 Å². The van der Waals surface area contributed by atoms with Gasteiger partial charge in [0.15, 0.2) is 0 Å². The van der Waals surface area contributed by atoms with E-state index in [1.54, 1.807) is 23.9 Å². The monoisotopic (exact) mass is 241 g/mol. The van der Waals surface area contributed by atoms with Crippen molar-refractivity contribution >= 4 is 30.3 Å². The zero-order valence-electron chi connectivity index (χ0n) is 8.86. The Labute approximate surface area is 100 Å². The normalized spacial score (nSPS) is 12.2. The molecule has 0 aromatic heterocycles. The number of benzene rings is 1. The first-order valence-corrected chi connectivity index (χ1v) is 6.56. The van der Waals surface area contributed by atoms with Crippen molar-refractivity contribution in [3.63, 3.8) is 0 Å². The zero-order valence-corrected chi connectivity index (χ0v) is 10.6. The maximum absolute atomic E-state index is 11.7. The van der Waals surface area contributed by atoms with Crippen LogP contribution in [0, 0.1) is 0 Å². The highest BCUT2D eigenvalue weighted by Crippen LogP contribution is 2.08. The summed E-state index contributed by atoms with van der Waals surface area (Å²) in [4.78, 5) is 12.6. The van der Waals surface area contributed by atoms with Crippen molar-refractivity contribution < 1.29 is 4.79 Å². The average Bonchev–Trinajstić information content (AvgIpc) is 2.18. The standard InChI is InChI=1S/C11H15NOS2/c1-8(7-15-2)12-11(13)9-3-5-10(14)6-4-9/h3-6,8,14H,7H2,1-2H3,(H,12,13). The first-order chi connectivity index (χ1) is 7.13. The van der Waals surface area contributed by atoms with Crippen molar-refractivity contribution in [3.8, 4) is 0 Å². The van der Waals surface area contributed by atoms with Crippen LogP contribution in [0.2, 0.25) is 0 Å². The quantitative estimate of drug-likeness (QED) is 0.793. The Balaban J connectivity index is 2.57. The second-order valence-corrected chi connectivity index (χ2v) is 4.80. The van der Waals surface area contributed by atoms with E-state index < -0.39 is 0 Å². The van der Waals surface area contributed by atoms with Gasteiger partial charge in [0.05, 0.1) is 0 Å². The minimum absolute atomic E-state index is 0.0233. The molecular weight excluding hydrogens is 226 g/mol. The zero-order chi connectivity index (χ0) is 11.3. The fraction of sp³-hybridized carbons (Fsp3) is 0.364. The highest BCUT2D eigenvalue weighted by Gasteiger charge is 2.08. The molecule has 0 spiro atoms.